The van der Waals surface area contributed by atoms with Crippen molar-refractivity contribution in [2.75, 3.05) is 0 Å². The van der Waals surface area contributed by atoms with Crippen LogP contribution in [-0.2, 0) is 36.6 Å². The zero-order chi connectivity index (χ0) is 28.1. The molecule has 36 heavy (non-hydrogen) atoms. The smallest absolute Gasteiger partial charge is 0.426 e. The number of hydrazine groups is 1. The lowest BCUT2D eigenvalue weighted by Crippen LogP contribution is -2.43. The zero-order valence-corrected chi connectivity index (χ0v) is 24.3. The molecule has 1 unspecified atom stereocenters. The minimum Gasteiger partial charge on any atom is -0.507 e. The summed E-state index contributed by atoms with van der Waals surface area (Å²) < 4.78 is 5.32. The number of aromatic hydroxyl groups is 1. The van der Waals surface area contributed by atoms with E-state index in [4.69, 9.17) is 14.5 Å². The number of hydrogen-bond donors (Lipinski definition) is 3. The molecule has 0 bridgehead atoms. The molecule has 8 heteroatoms. The summed E-state index contributed by atoms with van der Waals surface area (Å²) in [5, 5.41) is 10.9. The molecule has 0 saturated heterocycles. The summed E-state index contributed by atoms with van der Waals surface area (Å²) in [6.45, 7) is 23.4. The zero-order valence-electron chi connectivity index (χ0n) is 24.3. The summed E-state index contributed by atoms with van der Waals surface area (Å²) in [6, 6.07) is 3.91. The van der Waals surface area contributed by atoms with Crippen molar-refractivity contribution in [1.82, 2.24) is 10.9 Å². The van der Waals surface area contributed by atoms with E-state index >= 15 is 0 Å². The Bertz CT molecular complexity index is 869. The molecule has 1 rings (SSSR count). The second-order valence-electron chi connectivity index (χ2n) is 13.2. The number of phenolic OH excluding ortho intramolecular Hbond substituents is 1. The molecule has 0 heterocycles. The minimum absolute atomic E-state index is 0.165. The molecule has 1 atom stereocenters. The maximum Gasteiger partial charge on any atom is 0.426 e. The van der Waals surface area contributed by atoms with Crippen LogP contribution in [0.1, 0.15) is 113 Å². The van der Waals surface area contributed by atoms with Crippen LogP contribution in [0.5, 0.6) is 5.75 Å². The van der Waals surface area contributed by atoms with Crippen molar-refractivity contribution in [3.63, 3.8) is 0 Å². The number of carbonyl (C=O) groups is 2. The highest BCUT2D eigenvalue weighted by atomic mass is 17.2. The summed E-state index contributed by atoms with van der Waals surface area (Å²) in [6.07, 6.45) is -0.191. The first-order valence-corrected chi connectivity index (χ1v) is 12.6. The molecular formula is C28H48N2O6. The molecule has 206 valence electrons. The lowest BCUT2D eigenvalue weighted by molar-refractivity contribution is -0.399. The van der Waals surface area contributed by atoms with Crippen LogP contribution in [0.2, 0.25) is 0 Å². The van der Waals surface area contributed by atoms with Crippen molar-refractivity contribution in [2.24, 2.45) is 0 Å². The predicted molar refractivity (Wildman–Crippen MR) is 142 cm³/mol. The Morgan fingerprint density at radius 3 is 1.81 bits per heavy atom. The number of hydrogen-bond acceptors (Lipinski definition) is 6. The summed E-state index contributed by atoms with van der Waals surface area (Å²) in [4.78, 5) is 35.4. The van der Waals surface area contributed by atoms with Crippen molar-refractivity contribution >= 4 is 12.0 Å². The number of carbonyl (C=O) groups excluding carboxylic acids is 2. The van der Waals surface area contributed by atoms with Gasteiger partial charge in [-0.15, -0.1) is 0 Å². The molecule has 8 nitrogen and oxygen atoms in total. The molecule has 0 aliphatic rings. The van der Waals surface area contributed by atoms with Crippen LogP contribution in [0.25, 0.3) is 0 Å². The van der Waals surface area contributed by atoms with Gasteiger partial charge in [0.25, 0.3) is 0 Å². The first-order valence-electron chi connectivity index (χ1n) is 12.6. The van der Waals surface area contributed by atoms with Crippen molar-refractivity contribution in [1.29, 1.82) is 0 Å². The van der Waals surface area contributed by atoms with Gasteiger partial charge in [0.05, 0.1) is 5.60 Å². The quantitative estimate of drug-likeness (QED) is 0.295. The molecular weight excluding hydrogens is 460 g/mol. The molecule has 0 saturated carbocycles. The minimum atomic E-state index is -0.752. The fourth-order valence-electron chi connectivity index (χ4n) is 3.64. The van der Waals surface area contributed by atoms with Crippen LogP contribution in [0.3, 0.4) is 0 Å². The number of nitrogens with one attached hydrogen (secondary N) is 2. The van der Waals surface area contributed by atoms with E-state index in [0.29, 0.717) is 18.6 Å². The molecule has 0 fully saturated rings. The SMILES string of the molecule is CC(CC(C)(C)OOC(C)(C)C)OC(=O)NNC(=O)CCc1cc(C(C)(C)C)c(O)c(C(C)(C)C)c1. The Hall–Kier alpha value is -2.32. The van der Waals surface area contributed by atoms with Crippen molar-refractivity contribution in [3.05, 3.63) is 28.8 Å². The number of ether oxygens (including phenoxy) is 1. The third-order valence-electron chi connectivity index (χ3n) is 5.33. The fraction of sp³-hybridized carbons (Fsp3) is 0.714. The van der Waals surface area contributed by atoms with Gasteiger partial charge >= 0.3 is 6.09 Å². The molecule has 1 aromatic rings. The summed E-state index contributed by atoms with van der Waals surface area (Å²) in [5.41, 5.74) is 5.73. The molecule has 3 N–H and O–H groups in total. The Balaban J connectivity index is 2.65. The van der Waals surface area contributed by atoms with E-state index in [1.165, 1.54) is 0 Å². The molecule has 0 spiro atoms. The highest BCUT2D eigenvalue weighted by Gasteiger charge is 2.28. The Morgan fingerprint density at radius 1 is 0.861 bits per heavy atom. The van der Waals surface area contributed by atoms with Crippen LogP contribution in [0, 0.1) is 0 Å². The Kier molecular flexibility index (Phi) is 10.4. The summed E-state index contributed by atoms with van der Waals surface area (Å²) >= 11 is 0. The molecule has 1 aromatic carbocycles. The Labute approximate surface area is 217 Å². The number of phenols is 1. The van der Waals surface area contributed by atoms with E-state index < -0.39 is 23.4 Å². The average molecular weight is 509 g/mol. The van der Waals surface area contributed by atoms with Gasteiger partial charge < -0.3 is 9.84 Å². The summed E-state index contributed by atoms with van der Waals surface area (Å²) in [5.74, 6) is -0.0372. The van der Waals surface area contributed by atoms with Gasteiger partial charge in [0, 0.05) is 12.8 Å². The molecule has 0 aliphatic heterocycles. The Morgan fingerprint density at radius 2 is 1.36 bits per heavy atom. The molecule has 0 aromatic heterocycles. The van der Waals surface area contributed by atoms with Gasteiger partial charge in [0.15, 0.2) is 0 Å². The van der Waals surface area contributed by atoms with Gasteiger partial charge in [-0.05, 0) is 75.5 Å². The van der Waals surface area contributed by atoms with Crippen LogP contribution in [-0.4, -0.2) is 34.4 Å². The van der Waals surface area contributed by atoms with E-state index in [1.807, 2.05) is 88.3 Å². The van der Waals surface area contributed by atoms with Gasteiger partial charge in [0.2, 0.25) is 5.91 Å². The van der Waals surface area contributed by atoms with Crippen molar-refractivity contribution < 1.29 is 29.2 Å². The highest BCUT2D eigenvalue weighted by Crippen LogP contribution is 2.40. The maximum absolute atomic E-state index is 12.4. The lowest BCUT2D eigenvalue weighted by Gasteiger charge is -2.30. The molecule has 2 amide bonds. The second-order valence-corrected chi connectivity index (χ2v) is 13.2. The standard InChI is InChI=1S/C28H48N2O6/c1-18(17-28(11,12)36-35-27(8,9)10)34-24(33)30-29-22(31)14-13-19-15-20(25(2,3)4)23(32)21(16-19)26(5,6)7/h15-16,18,32H,13-14,17H2,1-12H3,(H,29,31)(H,30,33). The number of aryl methyl sites for hydroxylation is 1. The average Bonchev–Trinajstić information content (AvgIpc) is 2.67. The molecule has 0 radical (unpaired) electrons. The number of amides is 2. The lowest BCUT2D eigenvalue weighted by atomic mass is 9.78. The van der Waals surface area contributed by atoms with Gasteiger partial charge in [-0.2, -0.15) is 0 Å². The van der Waals surface area contributed by atoms with E-state index in [0.717, 1.165) is 16.7 Å². The third kappa shape index (κ3) is 11.2. The third-order valence-corrected chi connectivity index (χ3v) is 5.33. The largest absolute Gasteiger partial charge is 0.507 e. The van der Waals surface area contributed by atoms with Gasteiger partial charge in [-0.1, -0.05) is 53.7 Å². The molecule has 0 aliphatic carbocycles. The summed E-state index contributed by atoms with van der Waals surface area (Å²) in [7, 11) is 0. The van der Waals surface area contributed by atoms with E-state index in [1.54, 1.807) is 6.92 Å². The second kappa shape index (κ2) is 11.8. The maximum atomic E-state index is 12.4. The fourth-order valence-corrected chi connectivity index (χ4v) is 3.64. The van der Waals surface area contributed by atoms with Gasteiger partial charge in [-0.3, -0.25) is 10.2 Å². The van der Waals surface area contributed by atoms with Crippen molar-refractivity contribution in [2.45, 2.75) is 130 Å². The monoisotopic (exact) mass is 508 g/mol. The highest BCUT2D eigenvalue weighted by molar-refractivity contribution is 5.79. The van der Waals surface area contributed by atoms with Gasteiger partial charge in [-0.25, -0.2) is 20.0 Å². The van der Waals surface area contributed by atoms with E-state index in [-0.39, 0.29) is 23.2 Å². The van der Waals surface area contributed by atoms with Crippen molar-refractivity contribution in [3.8, 4) is 5.75 Å². The van der Waals surface area contributed by atoms with Crippen LogP contribution >= 0.6 is 0 Å². The van der Waals surface area contributed by atoms with Crippen LogP contribution < -0.4 is 10.9 Å². The first kappa shape index (κ1) is 31.7. The van der Waals surface area contributed by atoms with E-state index in [2.05, 4.69) is 10.9 Å². The number of rotatable bonds is 8. The number of benzene rings is 1. The normalized spacial score (nSPS) is 13.8. The van der Waals surface area contributed by atoms with Crippen LogP contribution in [0.4, 0.5) is 4.79 Å². The van der Waals surface area contributed by atoms with Gasteiger partial charge in [0.1, 0.15) is 17.5 Å². The predicted octanol–water partition coefficient (Wildman–Crippen LogP) is 5.98. The van der Waals surface area contributed by atoms with Crippen LogP contribution in [0.15, 0.2) is 12.1 Å². The van der Waals surface area contributed by atoms with E-state index in [9.17, 15) is 14.7 Å². The first-order chi connectivity index (χ1) is 16.1. The topological polar surface area (TPSA) is 106 Å².